The molecule has 0 saturated heterocycles. The van der Waals surface area contributed by atoms with Crippen molar-refractivity contribution in [2.75, 3.05) is 23.3 Å². The third-order valence-electron chi connectivity index (χ3n) is 4.42. The van der Waals surface area contributed by atoms with Gasteiger partial charge in [-0.1, -0.05) is 0 Å². The van der Waals surface area contributed by atoms with Gasteiger partial charge in [-0.25, -0.2) is 4.68 Å². The van der Waals surface area contributed by atoms with Crippen molar-refractivity contribution in [3.63, 3.8) is 0 Å². The van der Waals surface area contributed by atoms with Crippen LogP contribution in [0.4, 0.5) is 11.4 Å². The summed E-state index contributed by atoms with van der Waals surface area (Å²) in [4.78, 5) is 30.7. The Morgan fingerprint density at radius 1 is 1.00 bits per heavy atom. The molecule has 0 unspecified atom stereocenters. The summed E-state index contributed by atoms with van der Waals surface area (Å²) in [6.45, 7) is 5.89. The molecular weight excluding hydrogens is 354 g/mol. The van der Waals surface area contributed by atoms with Crippen LogP contribution in [-0.2, 0) is 11.3 Å². The fraction of sp³-hybridized carbons (Fsp3) is 0.238. The summed E-state index contributed by atoms with van der Waals surface area (Å²) in [5, 5.41) is 7.10. The summed E-state index contributed by atoms with van der Waals surface area (Å²) < 4.78 is 1.16. The molecule has 3 rings (SSSR count). The van der Waals surface area contributed by atoms with E-state index in [0.29, 0.717) is 11.4 Å². The maximum absolute atomic E-state index is 12.4. The predicted octanol–water partition coefficient (Wildman–Crippen LogP) is 2.79. The van der Waals surface area contributed by atoms with Gasteiger partial charge in [-0.2, -0.15) is 5.10 Å². The normalized spacial score (nSPS) is 10.5. The van der Waals surface area contributed by atoms with E-state index >= 15 is 0 Å². The highest BCUT2D eigenvalue weighted by molar-refractivity contribution is 5.90. The lowest BCUT2D eigenvalue weighted by Crippen LogP contribution is -2.29. The molecule has 0 aliphatic rings. The first-order valence-corrected chi connectivity index (χ1v) is 9.24. The molecule has 0 radical (unpaired) electrons. The quantitative estimate of drug-likeness (QED) is 0.685. The molecule has 7 heteroatoms. The molecule has 3 aromatic rings. The third-order valence-corrected chi connectivity index (χ3v) is 4.42. The smallest absolute Gasteiger partial charge is 0.267 e. The molecule has 144 valence electrons. The van der Waals surface area contributed by atoms with Gasteiger partial charge in [-0.15, -0.1) is 0 Å². The van der Waals surface area contributed by atoms with E-state index in [1.807, 2.05) is 24.3 Å². The fourth-order valence-electron chi connectivity index (χ4n) is 2.92. The molecule has 0 aliphatic carbocycles. The molecule has 7 nitrogen and oxygen atoms in total. The zero-order chi connectivity index (χ0) is 19.9. The average molecular weight is 377 g/mol. The highest BCUT2D eigenvalue weighted by Crippen LogP contribution is 2.18. The van der Waals surface area contributed by atoms with Crippen molar-refractivity contribution in [3.05, 3.63) is 71.3 Å². The Balaban J connectivity index is 1.70. The predicted molar refractivity (Wildman–Crippen MR) is 110 cm³/mol. The fourth-order valence-corrected chi connectivity index (χ4v) is 2.92. The van der Waals surface area contributed by atoms with Crippen LogP contribution in [0, 0.1) is 0 Å². The summed E-state index contributed by atoms with van der Waals surface area (Å²) >= 11 is 0. The first kappa shape index (κ1) is 19.3. The number of aromatic nitrogens is 3. The van der Waals surface area contributed by atoms with E-state index in [1.165, 1.54) is 6.07 Å². The van der Waals surface area contributed by atoms with E-state index in [2.05, 4.69) is 34.1 Å². The molecule has 0 bridgehead atoms. The van der Waals surface area contributed by atoms with Gasteiger partial charge in [0.1, 0.15) is 6.54 Å². The van der Waals surface area contributed by atoms with Gasteiger partial charge in [-0.05, 0) is 56.3 Å². The van der Waals surface area contributed by atoms with Crippen molar-refractivity contribution in [2.24, 2.45) is 0 Å². The summed E-state index contributed by atoms with van der Waals surface area (Å²) in [5.74, 6) is -0.308. The maximum Gasteiger partial charge on any atom is 0.267 e. The van der Waals surface area contributed by atoms with Crippen LogP contribution in [0.2, 0.25) is 0 Å². The van der Waals surface area contributed by atoms with E-state index < -0.39 is 0 Å². The van der Waals surface area contributed by atoms with E-state index in [1.54, 1.807) is 30.6 Å². The molecule has 2 aromatic heterocycles. The third kappa shape index (κ3) is 4.62. The van der Waals surface area contributed by atoms with Gasteiger partial charge in [0.15, 0.2) is 0 Å². The molecule has 0 saturated carbocycles. The minimum Gasteiger partial charge on any atom is -0.372 e. The van der Waals surface area contributed by atoms with Gasteiger partial charge in [0, 0.05) is 48.5 Å². The number of pyridine rings is 1. The number of hydrogen-bond donors (Lipinski definition) is 1. The molecule has 1 aromatic carbocycles. The van der Waals surface area contributed by atoms with Crippen molar-refractivity contribution >= 4 is 17.3 Å². The number of carbonyl (C=O) groups excluding carboxylic acids is 1. The minimum absolute atomic E-state index is 0.157. The van der Waals surface area contributed by atoms with Crippen LogP contribution in [0.1, 0.15) is 13.8 Å². The van der Waals surface area contributed by atoms with Gasteiger partial charge in [-0.3, -0.25) is 14.6 Å². The lowest BCUT2D eigenvalue weighted by molar-refractivity contribution is -0.117. The van der Waals surface area contributed by atoms with Crippen LogP contribution in [0.3, 0.4) is 0 Å². The minimum atomic E-state index is -0.329. The lowest BCUT2D eigenvalue weighted by atomic mass is 10.2. The maximum atomic E-state index is 12.4. The summed E-state index contributed by atoms with van der Waals surface area (Å²) in [6, 6.07) is 14.3. The Bertz CT molecular complexity index is 980. The molecule has 0 fully saturated rings. The van der Waals surface area contributed by atoms with Gasteiger partial charge < -0.3 is 10.2 Å². The zero-order valence-corrected chi connectivity index (χ0v) is 16.0. The largest absolute Gasteiger partial charge is 0.372 e. The number of rotatable bonds is 7. The van der Waals surface area contributed by atoms with Gasteiger partial charge in [0.25, 0.3) is 5.56 Å². The van der Waals surface area contributed by atoms with Crippen LogP contribution in [0.25, 0.3) is 11.3 Å². The first-order valence-electron chi connectivity index (χ1n) is 9.24. The molecule has 1 N–H and O–H groups in total. The van der Waals surface area contributed by atoms with Crippen LogP contribution >= 0.6 is 0 Å². The van der Waals surface area contributed by atoms with Crippen LogP contribution < -0.4 is 15.8 Å². The van der Waals surface area contributed by atoms with E-state index in [-0.39, 0.29) is 18.0 Å². The molecular formula is C21H23N5O2. The first-order chi connectivity index (χ1) is 13.6. The lowest BCUT2D eigenvalue weighted by Gasteiger charge is -2.21. The van der Waals surface area contributed by atoms with Crippen LogP contribution in [0.5, 0.6) is 0 Å². The van der Waals surface area contributed by atoms with Crippen molar-refractivity contribution in [3.8, 4) is 11.3 Å². The number of hydrogen-bond acceptors (Lipinski definition) is 5. The van der Waals surface area contributed by atoms with E-state index in [0.717, 1.165) is 29.0 Å². The second kappa shape index (κ2) is 8.94. The molecule has 1 amide bonds. The molecule has 2 heterocycles. The monoisotopic (exact) mass is 377 g/mol. The van der Waals surface area contributed by atoms with Gasteiger partial charge in [0.2, 0.25) is 5.91 Å². The number of nitrogens with zero attached hydrogens (tertiary/aromatic N) is 4. The molecule has 0 aliphatic heterocycles. The Kier molecular flexibility index (Phi) is 6.16. The Labute approximate surface area is 163 Å². The number of nitrogens with one attached hydrogen (secondary N) is 1. The second-order valence-corrected chi connectivity index (χ2v) is 6.22. The van der Waals surface area contributed by atoms with Crippen LogP contribution in [0.15, 0.2) is 65.7 Å². The SMILES string of the molecule is CCN(CC)c1ccc(NC(=O)Cn2nc(-c3ccncc3)ccc2=O)cc1. The van der Waals surface area contributed by atoms with E-state index in [9.17, 15) is 9.59 Å². The standard InChI is InChI=1S/C21H23N5O2/c1-3-25(4-2)18-7-5-17(6-8-18)23-20(27)15-26-21(28)10-9-19(24-26)16-11-13-22-14-12-16/h5-14H,3-4,15H2,1-2H3,(H,23,27). The van der Waals surface area contributed by atoms with Gasteiger partial charge in [0.05, 0.1) is 5.69 Å². The van der Waals surface area contributed by atoms with Crippen molar-refractivity contribution in [1.29, 1.82) is 0 Å². The van der Waals surface area contributed by atoms with Crippen molar-refractivity contribution in [1.82, 2.24) is 14.8 Å². The summed E-state index contributed by atoms with van der Waals surface area (Å²) in [5.41, 5.74) is 2.89. The highest BCUT2D eigenvalue weighted by atomic mass is 16.2. The second-order valence-electron chi connectivity index (χ2n) is 6.22. The average Bonchev–Trinajstić information content (AvgIpc) is 2.72. The van der Waals surface area contributed by atoms with Crippen LogP contribution in [-0.4, -0.2) is 33.8 Å². The Hall–Kier alpha value is -3.48. The van der Waals surface area contributed by atoms with E-state index in [4.69, 9.17) is 0 Å². The van der Waals surface area contributed by atoms with Crippen molar-refractivity contribution in [2.45, 2.75) is 20.4 Å². The molecule has 28 heavy (non-hydrogen) atoms. The number of amides is 1. The summed E-state index contributed by atoms with van der Waals surface area (Å²) in [7, 11) is 0. The number of benzene rings is 1. The Morgan fingerprint density at radius 3 is 2.32 bits per heavy atom. The molecule has 0 spiro atoms. The van der Waals surface area contributed by atoms with Crippen molar-refractivity contribution < 1.29 is 4.79 Å². The Morgan fingerprint density at radius 2 is 1.68 bits per heavy atom. The summed E-state index contributed by atoms with van der Waals surface area (Å²) in [6.07, 6.45) is 3.31. The number of carbonyl (C=O) groups is 1. The molecule has 0 atom stereocenters. The zero-order valence-electron chi connectivity index (χ0n) is 16.0. The number of anilines is 2. The van der Waals surface area contributed by atoms with Gasteiger partial charge >= 0.3 is 0 Å². The highest BCUT2D eigenvalue weighted by Gasteiger charge is 2.09. The topological polar surface area (TPSA) is 80.1 Å².